The number of aliphatic hydroxyl groups excluding tert-OH is 1. The number of halogens is 1. The van der Waals surface area contributed by atoms with Crippen LogP contribution < -0.4 is 4.90 Å². The van der Waals surface area contributed by atoms with Crippen LogP contribution in [0.15, 0.2) is 18.2 Å². The first kappa shape index (κ1) is 10.4. The van der Waals surface area contributed by atoms with E-state index < -0.39 is 0 Å². The number of hydrogen-bond donors (Lipinski definition) is 1. The molecule has 0 unspecified atom stereocenters. The molecule has 1 aromatic rings. The zero-order valence-electron chi connectivity index (χ0n) is 8.75. The van der Waals surface area contributed by atoms with Crippen LogP contribution in [0.2, 0.25) is 0 Å². The summed E-state index contributed by atoms with van der Waals surface area (Å²) in [6, 6.07) is 4.65. The van der Waals surface area contributed by atoms with Gasteiger partial charge in [-0.1, -0.05) is 0 Å². The molecule has 82 valence electrons. The Hall–Kier alpha value is -1.09. The molecule has 0 atom stereocenters. The minimum atomic E-state index is -0.278. The maximum atomic E-state index is 13.0. The molecule has 3 heteroatoms. The van der Waals surface area contributed by atoms with E-state index in [9.17, 15) is 9.50 Å². The van der Waals surface area contributed by atoms with Crippen molar-refractivity contribution in [3.05, 3.63) is 29.6 Å². The molecule has 1 heterocycles. The molecule has 0 amide bonds. The standard InChI is InChI=1S/C12H16FNO/c13-11-4-5-12(10(8-11)9-15)14-6-2-1-3-7-14/h4-5,8,15H,1-3,6-7,9H2. The average Bonchev–Trinajstić information content (AvgIpc) is 2.30. The van der Waals surface area contributed by atoms with E-state index in [-0.39, 0.29) is 12.4 Å². The van der Waals surface area contributed by atoms with Gasteiger partial charge < -0.3 is 10.0 Å². The molecule has 0 saturated carbocycles. The Kier molecular flexibility index (Phi) is 3.21. The second-order valence-electron chi connectivity index (χ2n) is 3.98. The molecule has 0 aliphatic carbocycles. The van der Waals surface area contributed by atoms with Gasteiger partial charge in [0.05, 0.1) is 6.61 Å². The van der Waals surface area contributed by atoms with Crippen LogP contribution >= 0.6 is 0 Å². The van der Waals surface area contributed by atoms with Crippen LogP contribution in [0.1, 0.15) is 24.8 Å². The van der Waals surface area contributed by atoms with Gasteiger partial charge in [0, 0.05) is 24.3 Å². The zero-order chi connectivity index (χ0) is 10.7. The van der Waals surface area contributed by atoms with Crippen LogP contribution in [0.3, 0.4) is 0 Å². The molecular weight excluding hydrogens is 193 g/mol. The number of rotatable bonds is 2. The van der Waals surface area contributed by atoms with Gasteiger partial charge in [-0.15, -0.1) is 0 Å². The number of piperidine rings is 1. The summed E-state index contributed by atoms with van der Waals surface area (Å²) in [5.74, 6) is -0.278. The second-order valence-corrected chi connectivity index (χ2v) is 3.98. The van der Waals surface area contributed by atoms with E-state index in [1.807, 2.05) is 0 Å². The summed E-state index contributed by atoms with van der Waals surface area (Å²) in [5, 5.41) is 9.18. The normalized spacial score (nSPS) is 16.8. The lowest BCUT2D eigenvalue weighted by Crippen LogP contribution is -2.30. The average molecular weight is 209 g/mol. The number of nitrogens with zero attached hydrogens (tertiary/aromatic N) is 1. The van der Waals surface area contributed by atoms with Crippen molar-refractivity contribution in [2.24, 2.45) is 0 Å². The summed E-state index contributed by atoms with van der Waals surface area (Å²) in [7, 11) is 0. The highest BCUT2D eigenvalue weighted by Gasteiger charge is 2.14. The lowest BCUT2D eigenvalue weighted by molar-refractivity contribution is 0.281. The van der Waals surface area contributed by atoms with Gasteiger partial charge in [-0.25, -0.2) is 4.39 Å². The molecular formula is C12H16FNO. The highest BCUT2D eigenvalue weighted by atomic mass is 19.1. The van der Waals surface area contributed by atoms with Crippen molar-refractivity contribution in [2.45, 2.75) is 25.9 Å². The number of anilines is 1. The molecule has 0 spiro atoms. The van der Waals surface area contributed by atoms with E-state index >= 15 is 0 Å². The quantitative estimate of drug-likeness (QED) is 0.808. The zero-order valence-corrected chi connectivity index (χ0v) is 8.75. The third-order valence-electron chi connectivity index (χ3n) is 2.91. The minimum Gasteiger partial charge on any atom is -0.392 e. The molecule has 1 aliphatic rings. The van der Waals surface area contributed by atoms with Gasteiger partial charge in [-0.05, 0) is 37.5 Å². The Morgan fingerprint density at radius 2 is 1.93 bits per heavy atom. The summed E-state index contributed by atoms with van der Waals surface area (Å²) in [5.41, 5.74) is 1.68. The summed E-state index contributed by atoms with van der Waals surface area (Å²) in [6.07, 6.45) is 3.64. The maximum absolute atomic E-state index is 13.0. The summed E-state index contributed by atoms with van der Waals surface area (Å²) < 4.78 is 13.0. The van der Waals surface area contributed by atoms with Gasteiger partial charge in [0.1, 0.15) is 5.82 Å². The predicted octanol–water partition coefficient (Wildman–Crippen LogP) is 2.31. The summed E-state index contributed by atoms with van der Waals surface area (Å²) >= 11 is 0. The fraction of sp³-hybridized carbons (Fsp3) is 0.500. The highest BCUT2D eigenvalue weighted by Crippen LogP contribution is 2.24. The predicted molar refractivity (Wildman–Crippen MR) is 58.4 cm³/mol. The van der Waals surface area contributed by atoms with Gasteiger partial charge in [0.15, 0.2) is 0 Å². The van der Waals surface area contributed by atoms with Crippen molar-refractivity contribution in [1.29, 1.82) is 0 Å². The lowest BCUT2D eigenvalue weighted by atomic mass is 10.1. The van der Waals surface area contributed by atoms with E-state index in [1.165, 1.54) is 31.4 Å². The van der Waals surface area contributed by atoms with E-state index in [4.69, 9.17) is 0 Å². The SMILES string of the molecule is OCc1cc(F)ccc1N1CCCCC1. The number of benzene rings is 1. The Labute approximate surface area is 89.3 Å². The number of aliphatic hydroxyl groups is 1. The van der Waals surface area contributed by atoms with Gasteiger partial charge >= 0.3 is 0 Å². The van der Waals surface area contributed by atoms with Crippen molar-refractivity contribution >= 4 is 5.69 Å². The van der Waals surface area contributed by atoms with Crippen LogP contribution in [0.4, 0.5) is 10.1 Å². The third kappa shape index (κ3) is 2.29. The van der Waals surface area contributed by atoms with Crippen LogP contribution in [0.5, 0.6) is 0 Å². The van der Waals surface area contributed by atoms with Crippen molar-refractivity contribution in [1.82, 2.24) is 0 Å². The van der Waals surface area contributed by atoms with Crippen LogP contribution in [-0.2, 0) is 6.61 Å². The third-order valence-corrected chi connectivity index (χ3v) is 2.91. The Morgan fingerprint density at radius 3 is 2.60 bits per heavy atom. The first-order chi connectivity index (χ1) is 7.31. The topological polar surface area (TPSA) is 23.5 Å². The molecule has 1 saturated heterocycles. The van der Waals surface area contributed by atoms with Crippen LogP contribution in [-0.4, -0.2) is 18.2 Å². The maximum Gasteiger partial charge on any atom is 0.123 e. The van der Waals surface area contributed by atoms with E-state index in [0.717, 1.165) is 18.8 Å². The molecule has 1 fully saturated rings. The first-order valence-corrected chi connectivity index (χ1v) is 5.45. The highest BCUT2D eigenvalue weighted by molar-refractivity contribution is 5.53. The fourth-order valence-electron chi connectivity index (χ4n) is 2.12. The van der Waals surface area contributed by atoms with Gasteiger partial charge in [0.25, 0.3) is 0 Å². The van der Waals surface area contributed by atoms with Crippen molar-refractivity contribution in [2.75, 3.05) is 18.0 Å². The molecule has 2 rings (SSSR count). The monoisotopic (exact) mass is 209 g/mol. The molecule has 0 bridgehead atoms. The van der Waals surface area contributed by atoms with Crippen LogP contribution in [0, 0.1) is 5.82 Å². The Balaban J connectivity index is 2.25. The van der Waals surface area contributed by atoms with E-state index in [2.05, 4.69) is 4.90 Å². The van der Waals surface area contributed by atoms with Crippen LogP contribution in [0.25, 0.3) is 0 Å². The molecule has 1 aromatic carbocycles. The smallest absolute Gasteiger partial charge is 0.123 e. The van der Waals surface area contributed by atoms with E-state index in [0.29, 0.717) is 5.56 Å². The first-order valence-electron chi connectivity index (χ1n) is 5.45. The molecule has 0 radical (unpaired) electrons. The lowest BCUT2D eigenvalue weighted by Gasteiger charge is -2.30. The largest absolute Gasteiger partial charge is 0.392 e. The Morgan fingerprint density at radius 1 is 1.20 bits per heavy atom. The van der Waals surface area contributed by atoms with Gasteiger partial charge in [0.2, 0.25) is 0 Å². The van der Waals surface area contributed by atoms with Gasteiger partial charge in [-0.2, -0.15) is 0 Å². The summed E-state index contributed by atoms with van der Waals surface area (Å²) in [4.78, 5) is 2.23. The molecule has 0 aromatic heterocycles. The van der Waals surface area contributed by atoms with Crippen molar-refractivity contribution < 1.29 is 9.50 Å². The number of hydrogen-bond acceptors (Lipinski definition) is 2. The second kappa shape index (κ2) is 4.62. The molecule has 15 heavy (non-hydrogen) atoms. The van der Waals surface area contributed by atoms with Crippen molar-refractivity contribution in [3.8, 4) is 0 Å². The Bertz CT molecular complexity index is 334. The van der Waals surface area contributed by atoms with E-state index in [1.54, 1.807) is 6.07 Å². The molecule has 2 nitrogen and oxygen atoms in total. The molecule has 1 aliphatic heterocycles. The van der Waals surface area contributed by atoms with Gasteiger partial charge in [-0.3, -0.25) is 0 Å². The van der Waals surface area contributed by atoms with Crippen molar-refractivity contribution in [3.63, 3.8) is 0 Å². The minimum absolute atomic E-state index is 0.0937. The summed E-state index contributed by atoms with van der Waals surface area (Å²) in [6.45, 7) is 1.93. The molecule has 1 N–H and O–H groups in total. The fourth-order valence-corrected chi connectivity index (χ4v) is 2.12.